The lowest BCUT2D eigenvalue weighted by atomic mass is 9.89. The Hall–Kier alpha value is -7.10. The molecule has 14 heteroatoms. The van der Waals surface area contributed by atoms with E-state index in [-0.39, 0.29) is 5.22 Å². The summed E-state index contributed by atoms with van der Waals surface area (Å²) < 4.78 is 80.7. The molecule has 0 amide bonds. The minimum atomic E-state index is -5.05. The van der Waals surface area contributed by atoms with Crippen molar-refractivity contribution in [1.29, 1.82) is 42.1 Å². The maximum Gasteiger partial charge on any atom is 0.417 e. The number of halogens is 6. The van der Waals surface area contributed by atoms with Gasteiger partial charge >= 0.3 is 12.4 Å². The number of benzene rings is 3. The molecule has 0 bridgehead atoms. The van der Waals surface area contributed by atoms with E-state index in [1.54, 1.807) is 24.3 Å². The van der Waals surface area contributed by atoms with Crippen LogP contribution in [0.1, 0.15) is 55.6 Å². The summed E-state index contributed by atoms with van der Waals surface area (Å²) in [7, 11) is 0. The predicted molar refractivity (Wildman–Crippen MR) is 133 cm³/mol. The monoisotopic (exact) mass is 592 g/mol. The smallest absolute Gasteiger partial charge is 0.192 e. The molecule has 3 rings (SSSR count). The Bertz CT molecular complexity index is 2200. The van der Waals surface area contributed by atoms with E-state index in [4.69, 9.17) is 0 Å². The first-order chi connectivity index (χ1) is 20.8. The molecule has 0 aliphatic rings. The van der Waals surface area contributed by atoms with Gasteiger partial charge in [-0.05, 0) is 29.5 Å². The molecule has 8 nitrogen and oxygen atoms in total. The normalized spacial score (nSPS) is 10.3. The minimum absolute atomic E-state index is 0.299. The fourth-order valence-corrected chi connectivity index (χ4v) is 4.32. The first-order valence-electron chi connectivity index (χ1n) is 11.4. The number of hydrogen-bond acceptors (Lipinski definition) is 8. The Morgan fingerprint density at radius 2 is 0.841 bits per heavy atom. The minimum Gasteiger partial charge on any atom is -0.192 e. The first kappa shape index (κ1) is 31.4. The molecule has 0 N–H and O–H groups in total. The van der Waals surface area contributed by atoms with Crippen molar-refractivity contribution in [2.75, 3.05) is 0 Å². The standard InChI is InChI=1S/C30H6F6N8/c31-29(32,33)26-3-1-18(21(10-40)23(26)12-42)20(9-39)15-5-16(7-37)28(17(6-15)8-38)25(14-44)19-2-4-27(30(34,35)36)24(13-43)22(19)11-41/h1-6H. The van der Waals surface area contributed by atoms with E-state index in [9.17, 15) is 68.4 Å². The highest BCUT2D eigenvalue weighted by molar-refractivity contribution is 5.85. The summed E-state index contributed by atoms with van der Waals surface area (Å²) in [6.45, 7) is 0. The third kappa shape index (κ3) is 5.31. The summed E-state index contributed by atoms with van der Waals surface area (Å²) >= 11 is 0. The van der Waals surface area contributed by atoms with Crippen LogP contribution in [0.3, 0.4) is 0 Å². The number of rotatable bonds is 2. The van der Waals surface area contributed by atoms with Crippen molar-refractivity contribution in [1.82, 2.24) is 0 Å². The maximum atomic E-state index is 13.5. The summed E-state index contributed by atoms with van der Waals surface area (Å²) in [5, 5.41) is 76.9. The van der Waals surface area contributed by atoms with Crippen molar-refractivity contribution in [2.24, 2.45) is 0 Å². The largest absolute Gasteiger partial charge is 0.417 e. The molecule has 44 heavy (non-hydrogen) atoms. The maximum absolute atomic E-state index is 13.5. The summed E-state index contributed by atoms with van der Waals surface area (Å²) in [6, 6.07) is 16.4. The summed E-state index contributed by atoms with van der Waals surface area (Å²) in [5.41, 5.74) is -10.0. The van der Waals surface area contributed by atoms with Crippen LogP contribution in [0.4, 0.5) is 26.3 Å². The van der Waals surface area contributed by atoms with Crippen LogP contribution < -0.4 is 10.4 Å². The lowest BCUT2D eigenvalue weighted by molar-refractivity contribution is -0.138. The molecule has 0 spiro atoms. The van der Waals surface area contributed by atoms with Crippen molar-refractivity contribution in [2.45, 2.75) is 12.4 Å². The molecule has 0 aliphatic heterocycles. The fraction of sp³-hybridized carbons (Fsp3) is 0.0667. The Labute approximate surface area is 243 Å². The molecular weight excluding hydrogens is 586 g/mol. The number of nitrogens with zero attached hydrogens (tertiary/aromatic N) is 8. The van der Waals surface area contributed by atoms with Crippen LogP contribution in [-0.2, 0) is 12.4 Å². The van der Waals surface area contributed by atoms with Crippen LogP contribution in [0.25, 0.3) is 11.1 Å². The fourth-order valence-electron chi connectivity index (χ4n) is 4.32. The summed E-state index contributed by atoms with van der Waals surface area (Å²) in [6.07, 6.45) is -10.1. The number of alkyl halides is 6. The molecule has 0 saturated heterocycles. The average Bonchev–Trinajstić information content (AvgIpc) is 2.99. The van der Waals surface area contributed by atoms with E-state index in [0.717, 1.165) is 18.2 Å². The second-order valence-corrected chi connectivity index (χ2v) is 8.41. The van der Waals surface area contributed by atoms with Crippen LogP contribution >= 0.6 is 0 Å². The van der Waals surface area contributed by atoms with E-state index in [1.807, 2.05) is 0 Å². The van der Waals surface area contributed by atoms with Crippen LogP contribution in [0.2, 0.25) is 0 Å². The van der Waals surface area contributed by atoms with Gasteiger partial charge in [0.25, 0.3) is 0 Å². The number of hydrogen-bond donors (Lipinski definition) is 0. The van der Waals surface area contributed by atoms with Crippen LogP contribution in [0.5, 0.6) is 0 Å². The summed E-state index contributed by atoms with van der Waals surface area (Å²) in [4.78, 5) is 0. The van der Waals surface area contributed by atoms with Gasteiger partial charge in [0.2, 0.25) is 0 Å². The molecule has 208 valence electrons. The lowest BCUT2D eigenvalue weighted by Gasteiger charge is -2.13. The molecule has 0 saturated carbocycles. The van der Waals surface area contributed by atoms with Gasteiger partial charge in [-0.1, -0.05) is 12.1 Å². The Kier molecular flexibility index (Phi) is 8.42. The molecule has 0 radical (unpaired) electrons. The van der Waals surface area contributed by atoms with Crippen LogP contribution in [0.15, 0.2) is 36.4 Å². The van der Waals surface area contributed by atoms with Gasteiger partial charge in [0.05, 0.1) is 67.8 Å². The van der Waals surface area contributed by atoms with E-state index < -0.39 is 84.4 Å². The Morgan fingerprint density at radius 1 is 0.477 bits per heavy atom. The zero-order valence-corrected chi connectivity index (χ0v) is 21.3. The van der Waals surface area contributed by atoms with Gasteiger partial charge in [-0.2, -0.15) is 68.4 Å². The third-order valence-electron chi connectivity index (χ3n) is 6.15. The van der Waals surface area contributed by atoms with Crippen molar-refractivity contribution >= 4 is 11.1 Å². The van der Waals surface area contributed by atoms with Crippen molar-refractivity contribution in [3.63, 3.8) is 0 Å². The van der Waals surface area contributed by atoms with E-state index in [2.05, 4.69) is 0 Å². The molecular formula is C30H6F6N8. The highest BCUT2D eigenvalue weighted by Gasteiger charge is 2.37. The highest BCUT2D eigenvalue weighted by atomic mass is 19.4. The van der Waals surface area contributed by atoms with Gasteiger partial charge in [-0.25, -0.2) is 0 Å². The van der Waals surface area contributed by atoms with E-state index in [1.165, 1.54) is 24.3 Å². The van der Waals surface area contributed by atoms with Gasteiger partial charge in [-0.3, -0.25) is 0 Å². The van der Waals surface area contributed by atoms with E-state index in [0.29, 0.717) is 18.2 Å². The second kappa shape index (κ2) is 11.8. The molecule has 0 atom stereocenters. The van der Waals surface area contributed by atoms with Crippen LogP contribution in [0, 0.1) is 90.6 Å². The molecule has 0 heterocycles. The molecule has 0 unspecified atom stereocenters. The zero-order valence-electron chi connectivity index (χ0n) is 21.3. The van der Waals surface area contributed by atoms with Crippen molar-refractivity contribution in [3.05, 3.63) is 102 Å². The quantitative estimate of drug-likeness (QED) is 0.391. The molecule has 0 aliphatic carbocycles. The Morgan fingerprint density at radius 3 is 1.14 bits per heavy atom. The lowest BCUT2D eigenvalue weighted by Crippen LogP contribution is -2.23. The van der Waals surface area contributed by atoms with Gasteiger partial charge in [-0.15, -0.1) is 0 Å². The predicted octanol–water partition coefficient (Wildman–Crippen LogP) is 4.40. The van der Waals surface area contributed by atoms with Crippen molar-refractivity contribution < 1.29 is 26.3 Å². The topological polar surface area (TPSA) is 190 Å². The van der Waals surface area contributed by atoms with Gasteiger partial charge in [0.1, 0.15) is 36.4 Å². The third-order valence-corrected chi connectivity index (χ3v) is 6.15. The number of nitriles is 8. The second-order valence-electron chi connectivity index (χ2n) is 8.41. The van der Waals surface area contributed by atoms with Crippen molar-refractivity contribution in [3.8, 4) is 48.6 Å². The SMILES string of the molecule is N#CC(c1ccc(C(F)(F)F)c(C#N)c1C#N)=c1cc(C#N)c(=C(C#N)c2ccc(C(F)(F)F)c(C#N)c2C#N)c(C#N)c1. The molecule has 0 aromatic heterocycles. The molecule has 0 fully saturated rings. The van der Waals surface area contributed by atoms with Gasteiger partial charge in [0, 0.05) is 16.3 Å². The van der Waals surface area contributed by atoms with Gasteiger partial charge in [0.15, 0.2) is 0 Å². The Balaban J connectivity index is 2.60. The van der Waals surface area contributed by atoms with E-state index >= 15 is 0 Å². The molecule has 3 aromatic carbocycles. The highest BCUT2D eigenvalue weighted by Crippen LogP contribution is 2.36. The van der Waals surface area contributed by atoms with Crippen LogP contribution in [-0.4, -0.2) is 0 Å². The average molecular weight is 592 g/mol. The molecule has 3 aromatic rings. The zero-order chi connectivity index (χ0) is 33.0. The van der Waals surface area contributed by atoms with Gasteiger partial charge < -0.3 is 0 Å². The first-order valence-corrected chi connectivity index (χ1v) is 11.4. The summed E-state index contributed by atoms with van der Waals surface area (Å²) in [5.74, 6) is 0.